The van der Waals surface area contributed by atoms with E-state index in [4.69, 9.17) is 0 Å². The molecule has 0 aliphatic carbocycles. The lowest BCUT2D eigenvalue weighted by Gasteiger charge is -2.11. The van der Waals surface area contributed by atoms with Gasteiger partial charge in [-0.2, -0.15) is 0 Å². The number of rotatable bonds is 4. The van der Waals surface area contributed by atoms with E-state index in [9.17, 15) is 4.79 Å². The fourth-order valence-electron chi connectivity index (χ4n) is 0.841. The van der Waals surface area contributed by atoms with Crippen molar-refractivity contribution in [1.29, 1.82) is 0 Å². The fourth-order valence-corrected chi connectivity index (χ4v) is 0.841. The van der Waals surface area contributed by atoms with Gasteiger partial charge in [0, 0.05) is 0 Å². The van der Waals surface area contributed by atoms with Crippen LogP contribution in [0, 0.1) is 0 Å². The Morgan fingerprint density at radius 1 is 1.56 bits per heavy atom. The molecule has 0 atom stereocenters. The first-order valence-corrected chi connectivity index (χ1v) is 3.34. The van der Waals surface area contributed by atoms with Crippen molar-refractivity contribution < 1.29 is 4.79 Å². The van der Waals surface area contributed by atoms with Crippen molar-refractivity contribution in [3.8, 4) is 0 Å². The molecule has 0 radical (unpaired) electrons. The standard InChI is InChI=1S/C7H15NO/c1-4-5-8(3)6-7(2)9/h4-6H2,1-3H3. The Morgan fingerprint density at radius 3 is 2.44 bits per heavy atom. The van der Waals surface area contributed by atoms with Crippen LogP contribution in [0.5, 0.6) is 0 Å². The zero-order valence-corrected chi connectivity index (χ0v) is 6.48. The first-order chi connectivity index (χ1) is 4.16. The van der Waals surface area contributed by atoms with Gasteiger partial charge >= 0.3 is 0 Å². The molecule has 0 aliphatic rings. The van der Waals surface area contributed by atoms with Crippen LogP contribution in [-0.4, -0.2) is 30.8 Å². The summed E-state index contributed by atoms with van der Waals surface area (Å²) in [6.45, 7) is 5.33. The second-order valence-corrected chi connectivity index (χ2v) is 2.44. The average Bonchev–Trinajstić information content (AvgIpc) is 1.63. The summed E-state index contributed by atoms with van der Waals surface area (Å²) in [6, 6.07) is 0. The van der Waals surface area contributed by atoms with Crippen LogP contribution >= 0.6 is 0 Å². The molecule has 0 saturated heterocycles. The molecule has 0 fully saturated rings. The summed E-state index contributed by atoms with van der Waals surface area (Å²) in [5.74, 6) is 0.242. The molecule has 0 amide bonds. The van der Waals surface area contributed by atoms with E-state index in [0.29, 0.717) is 6.54 Å². The highest BCUT2D eigenvalue weighted by Gasteiger charge is 1.97. The third-order valence-electron chi connectivity index (χ3n) is 1.10. The molecule has 0 bridgehead atoms. The third-order valence-corrected chi connectivity index (χ3v) is 1.10. The first kappa shape index (κ1) is 8.63. The lowest BCUT2D eigenvalue weighted by atomic mass is 10.4. The smallest absolute Gasteiger partial charge is 0.143 e. The van der Waals surface area contributed by atoms with E-state index < -0.39 is 0 Å². The van der Waals surface area contributed by atoms with Crippen molar-refractivity contribution in [3.05, 3.63) is 0 Å². The highest BCUT2D eigenvalue weighted by Crippen LogP contribution is 1.85. The van der Waals surface area contributed by atoms with Gasteiger partial charge in [0.15, 0.2) is 0 Å². The molecule has 2 heteroatoms. The molecule has 0 spiro atoms. The van der Waals surface area contributed by atoms with Gasteiger partial charge in [-0.05, 0) is 26.9 Å². The molecule has 54 valence electrons. The lowest BCUT2D eigenvalue weighted by molar-refractivity contribution is -0.117. The van der Waals surface area contributed by atoms with Gasteiger partial charge in [0.25, 0.3) is 0 Å². The Kier molecular flexibility index (Phi) is 4.32. The number of Topliss-reactive ketones (excluding diaryl/α,β-unsaturated/α-hetero) is 1. The molecule has 0 aliphatic heterocycles. The minimum Gasteiger partial charge on any atom is -0.299 e. The summed E-state index contributed by atoms with van der Waals surface area (Å²) < 4.78 is 0. The summed E-state index contributed by atoms with van der Waals surface area (Å²) in [6.07, 6.45) is 1.11. The van der Waals surface area contributed by atoms with Crippen LogP contribution in [0.25, 0.3) is 0 Å². The maximum Gasteiger partial charge on any atom is 0.143 e. The van der Waals surface area contributed by atoms with Crippen LogP contribution in [0.1, 0.15) is 20.3 Å². The summed E-state index contributed by atoms with van der Waals surface area (Å²) >= 11 is 0. The zero-order valence-electron chi connectivity index (χ0n) is 6.48. The largest absolute Gasteiger partial charge is 0.299 e. The zero-order chi connectivity index (χ0) is 7.28. The van der Waals surface area contributed by atoms with E-state index in [2.05, 4.69) is 6.92 Å². The number of nitrogens with zero attached hydrogens (tertiary/aromatic N) is 1. The second kappa shape index (κ2) is 4.50. The predicted molar refractivity (Wildman–Crippen MR) is 38.5 cm³/mol. The molecule has 0 N–H and O–H groups in total. The third kappa shape index (κ3) is 5.50. The summed E-state index contributed by atoms with van der Waals surface area (Å²) in [7, 11) is 1.96. The van der Waals surface area contributed by atoms with Crippen LogP contribution in [0.2, 0.25) is 0 Å². The van der Waals surface area contributed by atoms with Gasteiger partial charge in [-0.15, -0.1) is 0 Å². The Bertz CT molecular complexity index is 90.9. The van der Waals surface area contributed by atoms with Crippen LogP contribution in [-0.2, 0) is 4.79 Å². The number of hydrogen-bond acceptors (Lipinski definition) is 2. The van der Waals surface area contributed by atoms with Crippen molar-refractivity contribution in [2.75, 3.05) is 20.1 Å². The molecule has 0 saturated carbocycles. The minimum atomic E-state index is 0.242. The van der Waals surface area contributed by atoms with Crippen molar-refractivity contribution in [2.24, 2.45) is 0 Å². The Morgan fingerprint density at radius 2 is 2.11 bits per heavy atom. The minimum absolute atomic E-state index is 0.242. The molecule has 0 unspecified atom stereocenters. The van der Waals surface area contributed by atoms with E-state index in [1.165, 1.54) is 0 Å². The molecule has 0 rings (SSSR count). The van der Waals surface area contributed by atoms with Gasteiger partial charge in [-0.3, -0.25) is 9.69 Å². The Hall–Kier alpha value is -0.370. The maximum atomic E-state index is 10.5. The van der Waals surface area contributed by atoms with Crippen molar-refractivity contribution in [2.45, 2.75) is 20.3 Å². The van der Waals surface area contributed by atoms with Crippen molar-refractivity contribution in [1.82, 2.24) is 4.90 Å². The fraction of sp³-hybridized carbons (Fsp3) is 0.857. The van der Waals surface area contributed by atoms with Gasteiger partial charge in [0.2, 0.25) is 0 Å². The van der Waals surface area contributed by atoms with Crippen molar-refractivity contribution >= 4 is 5.78 Å². The molecule has 0 aromatic carbocycles. The topological polar surface area (TPSA) is 20.3 Å². The number of ketones is 1. The highest BCUT2D eigenvalue weighted by atomic mass is 16.1. The number of carbonyl (C=O) groups is 1. The van der Waals surface area contributed by atoms with E-state index in [-0.39, 0.29) is 5.78 Å². The van der Waals surface area contributed by atoms with E-state index in [1.807, 2.05) is 11.9 Å². The van der Waals surface area contributed by atoms with E-state index >= 15 is 0 Å². The molecule has 0 aromatic rings. The monoisotopic (exact) mass is 129 g/mol. The van der Waals surface area contributed by atoms with Gasteiger partial charge in [-0.25, -0.2) is 0 Å². The predicted octanol–water partition coefficient (Wildman–Crippen LogP) is 0.917. The van der Waals surface area contributed by atoms with Crippen LogP contribution in [0.15, 0.2) is 0 Å². The number of carbonyl (C=O) groups excluding carboxylic acids is 1. The molecule has 2 nitrogen and oxygen atoms in total. The van der Waals surface area contributed by atoms with Crippen LogP contribution < -0.4 is 0 Å². The lowest BCUT2D eigenvalue weighted by Crippen LogP contribution is -2.24. The maximum absolute atomic E-state index is 10.5. The summed E-state index contributed by atoms with van der Waals surface area (Å²) in [4.78, 5) is 12.5. The first-order valence-electron chi connectivity index (χ1n) is 3.34. The van der Waals surface area contributed by atoms with E-state index in [0.717, 1.165) is 13.0 Å². The SMILES string of the molecule is CCCN(C)CC(C)=O. The van der Waals surface area contributed by atoms with Gasteiger partial charge in [-0.1, -0.05) is 6.92 Å². The van der Waals surface area contributed by atoms with Crippen LogP contribution in [0.3, 0.4) is 0 Å². The average molecular weight is 129 g/mol. The second-order valence-electron chi connectivity index (χ2n) is 2.44. The Labute approximate surface area is 56.9 Å². The van der Waals surface area contributed by atoms with Crippen LogP contribution in [0.4, 0.5) is 0 Å². The number of likely N-dealkylation sites (N-methyl/N-ethyl adjacent to an activating group) is 1. The number of hydrogen-bond donors (Lipinski definition) is 0. The van der Waals surface area contributed by atoms with Gasteiger partial charge in [0.1, 0.15) is 5.78 Å². The quantitative estimate of drug-likeness (QED) is 0.562. The highest BCUT2D eigenvalue weighted by molar-refractivity contribution is 5.77. The molecule has 9 heavy (non-hydrogen) atoms. The normalized spacial score (nSPS) is 10.2. The molecular weight excluding hydrogens is 114 g/mol. The van der Waals surface area contributed by atoms with Crippen molar-refractivity contribution in [3.63, 3.8) is 0 Å². The Balaban J connectivity index is 3.26. The molecule has 0 heterocycles. The molecular formula is C7H15NO. The van der Waals surface area contributed by atoms with Gasteiger partial charge in [0.05, 0.1) is 6.54 Å². The summed E-state index contributed by atoms with van der Waals surface area (Å²) in [5, 5.41) is 0. The molecule has 0 aromatic heterocycles. The summed E-state index contributed by atoms with van der Waals surface area (Å²) in [5.41, 5.74) is 0. The van der Waals surface area contributed by atoms with E-state index in [1.54, 1.807) is 6.92 Å². The van der Waals surface area contributed by atoms with Gasteiger partial charge < -0.3 is 0 Å².